The quantitative estimate of drug-likeness (QED) is 0.892. The van der Waals surface area contributed by atoms with Crippen LogP contribution in [0.2, 0.25) is 0 Å². The van der Waals surface area contributed by atoms with E-state index in [1.165, 1.54) is 11.3 Å². The van der Waals surface area contributed by atoms with Gasteiger partial charge in [-0.25, -0.2) is 4.98 Å². The van der Waals surface area contributed by atoms with Crippen LogP contribution in [-0.2, 0) is 5.54 Å². The van der Waals surface area contributed by atoms with Crippen LogP contribution in [0.15, 0.2) is 36.5 Å². The lowest BCUT2D eigenvalue weighted by atomic mass is 10.1. The van der Waals surface area contributed by atoms with Crippen LogP contribution in [0.1, 0.15) is 29.1 Å². The summed E-state index contributed by atoms with van der Waals surface area (Å²) < 4.78 is 0. The highest BCUT2D eigenvalue weighted by Gasteiger charge is 2.18. The van der Waals surface area contributed by atoms with Gasteiger partial charge in [-0.15, -0.1) is 0 Å². The highest BCUT2D eigenvalue weighted by molar-refractivity contribution is 7.15. The number of anilines is 1. The molecule has 0 radical (unpaired) electrons. The maximum absolute atomic E-state index is 11.9. The number of thiazole rings is 1. The Balaban J connectivity index is 2.11. The van der Waals surface area contributed by atoms with E-state index in [-0.39, 0.29) is 5.91 Å². The lowest BCUT2D eigenvalue weighted by Crippen LogP contribution is -2.27. The van der Waals surface area contributed by atoms with Gasteiger partial charge in [0, 0.05) is 22.2 Å². The molecular weight excluding hydrogens is 246 g/mol. The minimum Gasteiger partial charge on any atom is -0.321 e. The number of benzene rings is 1. The van der Waals surface area contributed by atoms with Crippen molar-refractivity contribution in [3.05, 3.63) is 47.0 Å². The zero-order valence-corrected chi connectivity index (χ0v) is 11.1. The third-order valence-electron chi connectivity index (χ3n) is 2.40. The number of carbonyl (C=O) groups is 1. The molecular formula is C13H15N3OS. The second kappa shape index (κ2) is 4.88. The summed E-state index contributed by atoms with van der Waals surface area (Å²) in [6.45, 7) is 3.81. The van der Waals surface area contributed by atoms with Gasteiger partial charge in [0.15, 0.2) is 5.13 Å². The summed E-state index contributed by atoms with van der Waals surface area (Å²) in [4.78, 5) is 17.0. The maximum atomic E-state index is 11.9. The van der Waals surface area contributed by atoms with Gasteiger partial charge in [-0.1, -0.05) is 29.5 Å². The van der Waals surface area contributed by atoms with Crippen molar-refractivity contribution in [3.63, 3.8) is 0 Å². The predicted molar refractivity (Wildman–Crippen MR) is 73.7 cm³/mol. The average Bonchev–Trinajstić information content (AvgIpc) is 2.78. The zero-order valence-electron chi connectivity index (χ0n) is 10.3. The maximum Gasteiger partial charge on any atom is 0.257 e. The predicted octanol–water partition coefficient (Wildman–Crippen LogP) is 2.59. The van der Waals surface area contributed by atoms with Gasteiger partial charge in [-0.05, 0) is 26.0 Å². The SMILES string of the molecule is CC(C)(N)c1cnc(NC(=O)c2ccccc2)s1. The molecule has 1 aromatic carbocycles. The number of aromatic nitrogens is 1. The van der Waals surface area contributed by atoms with Gasteiger partial charge < -0.3 is 5.73 Å². The van der Waals surface area contributed by atoms with Gasteiger partial charge in [0.2, 0.25) is 0 Å². The van der Waals surface area contributed by atoms with E-state index in [4.69, 9.17) is 5.73 Å². The van der Waals surface area contributed by atoms with Crippen molar-refractivity contribution in [1.82, 2.24) is 4.98 Å². The minimum absolute atomic E-state index is 0.161. The Morgan fingerprint density at radius 3 is 2.56 bits per heavy atom. The minimum atomic E-state index is -0.437. The molecule has 2 rings (SSSR count). The molecule has 1 amide bonds. The van der Waals surface area contributed by atoms with Crippen molar-refractivity contribution in [3.8, 4) is 0 Å². The largest absolute Gasteiger partial charge is 0.321 e. The molecule has 1 heterocycles. The van der Waals surface area contributed by atoms with Crippen LogP contribution in [-0.4, -0.2) is 10.9 Å². The van der Waals surface area contributed by atoms with Gasteiger partial charge >= 0.3 is 0 Å². The van der Waals surface area contributed by atoms with Crippen LogP contribution < -0.4 is 11.1 Å². The van der Waals surface area contributed by atoms with Crippen LogP contribution in [0, 0.1) is 0 Å². The standard InChI is InChI=1S/C13H15N3OS/c1-13(2,14)10-8-15-12(18-10)16-11(17)9-6-4-3-5-7-9/h3-8H,14H2,1-2H3,(H,15,16,17). The average molecular weight is 261 g/mol. The molecule has 0 spiro atoms. The molecule has 0 aliphatic heterocycles. The van der Waals surface area contributed by atoms with Crippen LogP contribution >= 0.6 is 11.3 Å². The van der Waals surface area contributed by atoms with Crippen LogP contribution in [0.4, 0.5) is 5.13 Å². The second-order valence-corrected chi connectivity index (χ2v) is 5.60. The number of hydrogen-bond acceptors (Lipinski definition) is 4. The van der Waals surface area contributed by atoms with Gasteiger partial charge in [0.05, 0.1) is 0 Å². The Labute approximate surface area is 110 Å². The molecule has 0 saturated heterocycles. The molecule has 0 bridgehead atoms. The third-order valence-corrected chi connectivity index (χ3v) is 3.65. The van der Waals surface area contributed by atoms with E-state index in [1.54, 1.807) is 18.3 Å². The van der Waals surface area contributed by atoms with Gasteiger partial charge in [0.25, 0.3) is 5.91 Å². The van der Waals surface area contributed by atoms with Crippen LogP contribution in [0.25, 0.3) is 0 Å². The summed E-state index contributed by atoms with van der Waals surface area (Å²) in [5, 5.41) is 3.33. The first-order valence-electron chi connectivity index (χ1n) is 5.58. The molecule has 0 saturated carbocycles. The Hall–Kier alpha value is -1.72. The fourth-order valence-electron chi connectivity index (χ4n) is 1.39. The molecule has 4 nitrogen and oxygen atoms in total. The summed E-state index contributed by atoms with van der Waals surface area (Å²) >= 11 is 1.39. The van der Waals surface area contributed by atoms with Crippen molar-refractivity contribution >= 4 is 22.4 Å². The smallest absolute Gasteiger partial charge is 0.257 e. The molecule has 3 N–H and O–H groups in total. The first-order valence-corrected chi connectivity index (χ1v) is 6.40. The normalized spacial score (nSPS) is 11.3. The number of nitrogens with two attached hydrogens (primary N) is 1. The zero-order chi connectivity index (χ0) is 13.2. The van der Waals surface area contributed by atoms with Gasteiger partial charge in [0.1, 0.15) is 0 Å². The van der Waals surface area contributed by atoms with Crippen LogP contribution in [0.3, 0.4) is 0 Å². The number of nitrogens with zero attached hydrogens (tertiary/aromatic N) is 1. The van der Waals surface area contributed by atoms with Crippen molar-refractivity contribution in [2.45, 2.75) is 19.4 Å². The summed E-state index contributed by atoms with van der Waals surface area (Å²) in [5.41, 5.74) is 6.14. The van der Waals surface area contributed by atoms with E-state index in [0.717, 1.165) is 4.88 Å². The highest BCUT2D eigenvalue weighted by atomic mass is 32.1. The molecule has 0 aliphatic rings. The molecule has 18 heavy (non-hydrogen) atoms. The summed E-state index contributed by atoms with van der Waals surface area (Å²) in [6, 6.07) is 9.04. The van der Waals surface area contributed by atoms with E-state index >= 15 is 0 Å². The van der Waals surface area contributed by atoms with E-state index in [9.17, 15) is 4.79 Å². The van der Waals surface area contributed by atoms with E-state index in [1.807, 2.05) is 32.0 Å². The lowest BCUT2D eigenvalue weighted by molar-refractivity contribution is 0.102. The second-order valence-electron chi connectivity index (χ2n) is 4.57. The van der Waals surface area contributed by atoms with Crippen LogP contribution in [0.5, 0.6) is 0 Å². The summed E-state index contributed by atoms with van der Waals surface area (Å²) in [7, 11) is 0. The monoisotopic (exact) mass is 261 g/mol. The topological polar surface area (TPSA) is 68.0 Å². The Morgan fingerprint density at radius 2 is 2.00 bits per heavy atom. The van der Waals surface area contributed by atoms with Crippen molar-refractivity contribution in [2.75, 3.05) is 5.32 Å². The number of rotatable bonds is 3. The van der Waals surface area contributed by atoms with E-state index in [0.29, 0.717) is 10.7 Å². The van der Waals surface area contributed by atoms with Crippen molar-refractivity contribution in [2.24, 2.45) is 5.73 Å². The summed E-state index contributed by atoms with van der Waals surface area (Å²) in [5.74, 6) is -0.161. The fourth-order valence-corrected chi connectivity index (χ4v) is 2.21. The molecule has 1 aromatic heterocycles. The van der Waals surface area contributed by atoms with E-state index in [2.05, 4.69) is 10.3 Å². The molecule has 0 unspecified atom stereocenters. The number of hydrogen-bond donors (Lipinski definition) is 2. The summed E-state index contributed by atoms with van der Waals surface area (Å²) in [6.07, 6.45) is 1.70. The number of carbonyl (C=O) groups excluding carboxylic acids is 1. The van der Waals surface area contributed by atoms with Crippen molar-refractivity contribution < 1.29 is 4.79 Å². The van der Waals surface area contributed by atoms with Crippen molar-refractivity contribution in [1.29, 1.82) is 0 Å². The molecule has 94 valence electrons. The Kier molecular flexibility index (Phi) is 3.45. The van der Waals surface area contributed by atoms with Gasteiger partial charge in [-0.2, -0.15) is 0 Å². The molecule has 0 fully saturated rings. The highest BCUT2D eigenvalue weighted by Crippen LogP contribution is 2.26. The Morgan fingerprint density at radius 1 is 1.33 bits per heavy atom. The first kappa shape index (κ1) is 12.7. The molecule has 2 aromatic rings. The number of nitrogens with one attached hydrogen (secondary N) is 1. The molecule has 5 heteroatoms. The van der Waals surface area contributed by atoms with Gasteiger partial charge in [-0.3, -0.25) is 10.1 Å². The first-order chi connectivity index (χ1) is 8.47. The number of amides is 1. The van der Waals surface area contributed by atoms with E-state index < -0.39 is 5.54 Å². The lowest BCUT2D eigenvalue weighted by Gasteiger charge is -2.14. The third kappa shape index (κ3) is 2.94. The Bertz CT molecular complexity index is 543. The molecule has 0 atom stereocenters. The molecule has 0 aliphatic carbocycles. The fraction of sp³-hybridized carbons (Fsp3) is 0.231.